The highest BCUT2D eigenvalue weighted by Crippen LogP contribution is 2.45. The van der Waals surface area contributed by atoms with Crippen LogP contribution in [-0.2, 0) is 13.5 Å². The molecular formula is C17H28N4. The highest BCUT2D eigenvalue weighted by molar-refractivity contribution is 5.73. The van der Waals surface area contributed by atoms with Gasteiger partial charge in [0.1, 0.15) is 5.69 Å². The van der Waals surface area contributed by atoms with Crippen molar-refractivity contribution in [1.82, 2.24) is 9.78 Å². The third-order valence-corrected chi connectivity index (χ3v) is 5.83. The predicted octanol–water partition coefficient (Wildman–Crippen LogP) is 3.33. The summed E-state index contributed by atoms with van der Waals surface area (Å²) in [5, 5.41) is 8.53. The van der Waals surface area contributed by atoms with Crippen molar-refractivity contribution in [2.24, 2.45) is 13.0 Å². The summed E-state index contributed by atoms with van der Waals surface area (Å²) in [6.07, 6.45) is 10.7. The van der Waals surface area contributed by atoms with E-state index in [1.807, 2.05) is 0 Å². The Labute approximate surface area is 127 Å². The average Bonchev–Trinajstić information content (AvgIpc) is 2.84. The first kappa shape index (κ1) is 13.5. The molecule has 0 radical (unpaired) electrons. The van der Waals surface area contributed by atoms with Gasteiger partial charge in [0, 0.05) is 25.7 Å². The molecule has 0 aromatic carbocycles. The van der Waals surface area contributed by atoms with Crippen molar-refractivity contribution in [3.8, 4) is 0 Å². The summed E-state index contributed by atoms with van der Waals surface area (Å²) in [6, 6.07) is 1.45. The highest BCUT2D eigenvalue weighted by atomic mass is 15.4. The van der Waals surface area contributed by atoms with E-state index in [2.05, 4.69) is 28.9 Å². The Kier molecular flexibility index (Phi) is 3.35. The number of nitrogens with zero attached hydrogens (tertiary/aromatic N) is 3. The molecule has 116 valence electrons. The number of aromatic nitrogens is 2. The van der Waals surface area contributed by atoms with Crippen LogP contribution in [0.4, 0.5) is 11.5 Å². The van der Waals surface area contributed by atoms with Crippen molar-refractivity contribution >= 4 is 11.5 Å². The van der Waals surface area contributed by atoms with Gasteiger partial charge >= 0.3 is 0 Å². The minimum absolute atomic E-state index is 0.682. The summed E-state index contributed by atoms with van der Waals surface area (Å²) in [4.78, 5) is 2.77. The van der Waals surface area contributed by atoms with Gasteiger partial charge in [0.15, 0.2) is 5.82 Å². The maximum absolute atomic E-state index is 4.82. The van der Waals surface area contributed by atoms with Gasteiger partial charge in [-0.25, -0.2) is 0 Å². The molecule has 1 N–H and O–H groups in total. The monoisotopic (exact) mass is 288 g/mol. The number of fused-ring (bicyclic) bond motifs is 5. The van der Waals surface area contributed by atoms with E-state index in [0.717, 1.165) is 24.9 Å². The fraction of sp³-hybridized carbons (Fsp3) is 0.824. The molecule has 4 nitrogen and oxygen atoms in total. The van der Waals surface area contributed by atoms with Crippen molar-refractivity contribution in [1.29, 1.82) is 0 Å². The lowest BCUT2D eigenvalue weighted by Crippen LogP contribution is -2.57. The van der Waals surface area contributed by atoms with Gasteiger partial charge in [0.05, 0.1) is 5.69 Å². The Morgan fingerprint density at radius 3 is 2.90 bits per heavy atom. The number of hydrogen-bond acceptors (Lipinski definition) is 3. The summed E-state index contributed by atoms with van der Waals surface area (Å²) >= 11 is 0. The Balaban J connectivity index is 1.74. The number of piperidine rings is 1. The van der Waals surface area contributed by atoms with Crippen molar-refractivity contribution in [3.05, 3.63) is 5.69 Å². The van der Waals surface area contributed by atoms with E-state index in [0.29, 0.717) is 6.04 Å². The lowest BCUT2D eigenvalue weighted by atomic mass is 9.76. The zero-order valence-electron chi connectivity index (χ0n) is 13.4. The van der Waals surface area contributed by atoms with E-state index in [9.17, 15) is 0 Å². The zero-order chi connectivity index (χ0) is 14.4. The van der Waals surface area contributed by atoms with Crippen molar-refractivity contribution < 1.29 is 0 Å². The van der Waals surface area contributed by atoms with Gasteiger partial charge in [-0.05, 0) is 38.0 Å². The van der Waals surface area contributed by atoms with Gasteiger partial charge in [-0.2, -0.15) is 5.10 Å². The molecule has 0 spiro atoms. The molecule has 1 aromatic rings. The molecule has 21 heavy (non-hydrogen) atoms. The fourth-order valence-electron chi connectivity index (χ4n) is 4.92. The maximum atomic E-state index is 4.82. The summed E-state index contributed by atoms with van der Waals surface area (Å²) < 4.78 is 2.15. The van der Waals surface area contributed by atoms with Crippen LogP contribution in [0.2, 0.25) is 0 Å². The van der Waals surface area contributed by atoms with Crippen LogP contribution < -0.4 is 10.2 Å². The van der Waals surface area contributed by atoms with E-state index in [1.54, 1.807) is 0 Å². The smallest absolute Gasteiger partial charge is 0.151 e. The molecule has 2 aliphatic heterocycles. The summed E-state index contributed by atoms with van der Waals surface area (Å²) in [5.41, 5.74) is 2.60. The molecule has 4 heteroatoms. The van der Waals surface area contributed by atoms with Crippen LogP contribution in [0.25, 0.3) is 0 Å². The third kappa shape index (κ3) is 2.06. The molecule has 1 aliphatic carbocycles. The molecule has 4 rings (SSSR count). The number of hydrogen-bond donors (Lipinski definition) is 1. The summed E-state index contributed by atoms with van der Waals surface area (Å²) in [6.45, 7) is 3.35. The van der Waals surface area contributed by atoms with Gasteiger partial charge in [-0.3, -0.25) is 4.68 Å². The molecular weight excluding hydrogens is 260 g/mol. The zero-order valence-corrected chi connectivity index (χ0v) is 13.4. The quantitative estimate of drug-likeness (QED) is 0.906. The first-order valence-electron chi connectivity index (χ1n) is 8.87. The van der Waals surface area contributed by atoms with Gasteiger partial charge in [0.2, 0.25) is 0 Å². The van der Waals surface area contributed by atoms with Crippen LogP contribution in [0.5, 0.6) is 0 Å². The molecule has 1 saturated carbocycles. The molecule has 0 amide bonds. The minimum Gasteiger partial charge on any atom is -0.378 e. The predicted molar refractivity (Wildman–Crippen MR) is 86.9 cm³/mol. The minimum atomic E-state index is 0.682. The van der Waals surface area contributed by atoms with Crippen LogP contribution >= 0.6 is 0 Å². The Morgan fingerprint density at radius 2 is 2.05 bits per heavy atom. The second-order valence-electron chi connectivity index (χ2n) is 7.15. The molecule has 3 atom stereocenters. The largest absolute Gasteiger partial charge is 0.378 e. The lowest BCUT2D eigenvalue weighted by Gasteiger charge is -2.51. The molecule has 1 aromatic heterocycles. The molecule has 3 unspecified atom stereocenters. The summed E-state index contributed by atoms with van der Waals surface area (Å²) in [5.74, 6) is 2.30. The Bertz CT molecular complexity index is 521. The van der Waals surface area contributed by atoms with Gasteiger partial charge in [-0.15, -0.1) is 0 Å². The van der Waals surface area contributed by atoms with E-state index < -0.39 is 0 Å². The Hall–Kier alpha value is -1.19. The van der Waals surface area contributed by atoms with Crippen LogP contribution in [-0.4, -0.2) is 28.4 Å². The number of aryl methyl sites for hydroxylation is 2. The lowest BCUT2D eigenvalue weighted by molar-refractivity contribution is 0.213. The number of anilines is 2. The van der Waals surface area contributed by atoms with Crippen molar-refractivity contribution in [2.45, 2.75) is 70.4 Å². The van der Waals surface area contributed by atoms with Gasteiger partial charge in [0.25, 0.3) is 0 Å². The number of rotatable bonds is 2. The second kappa shape index (κ2) is 5.22. The first-order chi connectivity index (χ1) is 10.3. The second-order valence-corrected chi connectivity index (χ2v) is 7.15. The first-order valence-corrected chi connectivity index (χ1v) is 8.87. The van der Waals surface area contributed by atoms with Crippen LogP contribution in [0.3, 0.4) is 0 Å². The molecule has 2 fully saturated rings. The SMILES string of the molecule is CCCc1nn(C)c2c1NCC1CCC3CCCCC3N21. The normalized spacial score (nSPS) is 31.1. The summed E-state index contributed by atoms with van der Waals surface area (Å²) in [7, 11) is 2.13. The van der Waals surface area contributed by atoms with E-state index in [-0.39, 0.29) is 0 Å². The third-order valence-electron chi connectivity index (χ3n) is 5.83. The van der Waals surface area contributed by atoms with E-state index in [1.165, 1.54) is 62.1 Å². The van der Waals surface area contributed by atoms with Gasteiger partial charge < -0.3 is 10.2 Å². The molecule has 3 aliphatic rings. The molecule has 3 heterocycles. The molecule has 0 bridgehead atoms. The van der Waals surface area contributed by atoms with Gasteiger partial charge in [-0.1, -0.05) is 26.2 Å². The van der Waals surface area contributed by atoms with Crippen LogP contribution in [0.15, 0.2) is 0 Å². The topological polar surface area (TPSA) is 33.1 Å². The average molecular weight is 288 g/mol. The molecule has 1 saturated heterocycles. The standard InChI is InChI=1S/C17H28N4/c1-3-6-14-16-17(20(2)19-14)21-13(11-18-16)10-9-12-7-4-5-8-15(12)21/h12-13,15,18H,3-11H2,1-2H3. The van der Waals surface area contributed by atoms with Crippen molar-refractivity contribution in [3.63, 3.8) is 0 Å². The van der Waals surface area contributed by atoms with Crippen molar-refractivity contribution in [2.75, 3.05) is 16.8 Å². The van der Waals surface area contributed by atoms with E-state index >= 15 is 0 Å². The Morgan fingerprint density at radius 1 is 1.19 bits per heavy atom. The van der Waals surface area contributed by atoms with Crippen LogP contribution in [0, 0.1) is 5.92 Å². The fourth-order valence-corrected chi connectivity index (χ4v) is 4.92. The maximum Gasteiger partial charge on any atom is 0.151 e. The van der Waals surface area contributed by atoms with E-state index in [4.69, 9.17) is 5.10 Å². The highest BCUT2D eigenvalue weighted by Gasteiger charge is 2.43. The number of nitrogens with one attached hydrogen (secondary N) is 1. The van der Waals surface area contributed by atoms with Crippen LogP contribution in [0.1, 0.15) is 57.6 Å².